The van der Waals surface area contributed by atoms with Crippen LogP contribution in [0.5, 0.6) is 0 Å². The van der Waals surface area contributed by atoms with Crippen molar-refractivity contribution in [3.63, 3.8) is 0 Å². The highest BCUT2D eigenvalue weighted by Gasteiger charge is 2.09. The lowest BCUT2D eigenvalue weighted by atomic mass is 10.1. The van der Waals surface area contributed by atoms with Crippen LogP contribution in [0.2, 0.25) is 0 Å². The molecule has 2 aromatic heterocycles. The van der Waals surface area contributed by atoms with Gasteiger partial charge in [0.25, 0.3) is 5.91 Å². The molecule has 0 saturated carbocycles. The van der Waals surface area contributed by atoms with Crippen molar-refractivity contribution in [1.29, 1.82) is 0 Å². The van der Waals surface area contributed by atoms with E-state index >= 15 is 0 Å². The van der Waals surface area contributed by atoms with E-state index in [0.29, 0.717) is 17.9 Å². The number of nitrogens with zero attached hydrogens (tertiary/aromatic N) is 2. The molecule has 4 rings (SSSR count). The predicted molar refractivity (Wildman–Crippen MR) is 87.8 cm³/mol. The van der Waals surface area contributed by atoms with E-state index in [1.165, 1.54) is 0 Å². The monoisotopic (exact) mass is 306 g/mol. The van der Waals surface area contributed by atoms with E-state index in [0.717, 1.165) is 27.4 Å². The van der Waals surface area contributed by atoms with Gasteiger partial charge in [0.1, 0.15) is 0 Å². The molecule has 0 bridgehead atoms. The minimum Gasteiger partial charge on any atom is -0.382 e. The van der Waals surface area contributed by atoms with Gasteiger partial charge in [0.2, 0.25) is 0 Å². The molecule has 2 aromatic carbocycles. The number of aromatic nitrogens is 4. The van der Waals surface area contributed by atoms with Gasteiger partial charge in [-0.3, -0.25) is 15.0 Å². The van der Waals surface area contributed by atoms with Gasteiger partial charge in [0.05, 0.1) is 17.2 Å². The summed E-state index contributed by atoms with van der Waals surface area (Å²) in [5.41, 5.74) is 9.11. The van der Waals surface area contributed by atoms with Crippen LogP contribution in [0.3, 0.4) is 0 Å². The number of aromatic amines is 2. The van der Waals surface area contributed by atoms with Crippen LogP contribution >= 0.6 is 0 Å². The van der Waals surface area contributed by atoms with Crippen molar-refractivity contribution < 1.29 is 4.79 Å². The lowest BCUT2D eigenvalue weighted by molar-refractivity contribution is 0.0951. The lowest BCUT2D eigenvalue weighted by Gasteiger charge is -2.06. The highest BCUT2D eigenvalue weighted by Crippen LogP contribution is 2.19. The van der Waals surface area contributed by atoms with Crippen molar-refractivity contribution in [1.82, 2.24) is 25.7 Å². The fraction of sp³-hybridized carbons (Fsp3) is 0.0625. The van der Waals surface area contributed by atoms with Crippen molar-refractivity contribution >= 4 is 33.5 Å². The molecule has 7 heteroatoms. The summed E-state index contributed by atoms with van der Waals surface area (Å²) in [6.45, 7) is 0.443. The van der Waals surface area contributed by atoms with Crippen LogP contribution in [0.15, 0.2) is 42.6 Å². The molecule has 7 nitrogen and oxygen atoms in total. The molecule has 0 radical (unpaired) electrons. The first-order valence-electron chi connectivity index (χ1n) is 7.14. The Kier molecular flexibility index (Phi) is 2.97. The minimum atomic E-state index is -0.153. The summed E-state index contributed by atoms with van der Waals surface area (Å²) in [6.07, 6.45) is 1.76. The summed E-state index contributed by atoms with van der Waals surface area (Å²) in [5.74, 6) is 0.236. The van der Waals surface area contributed by atoms with E-state index in [1.54, 1.807) is 24.4 Å². The zero-order chi connectivity index (χ0) is 15.8. The fourth-order valence-corrected chi connectivity index (χ4v) is 2.56. The quantitative estimate of drug-likeness (QED) is 0.463. The van der Waals surface area contributed by atoms with Gasteiger partial charge in [0.15, 0.2) is 5.82 Å². The van der Waals surface area contributed by atoms with Gasteiger partial charge in [-0.2, -0.15) is 10.2 Å². The summed E-state index contributed by atoms with van der Waals surface area (Å²) in [5, 5.41) is 18.3. The predicted octanol–water partition coefficient (Wildman–Crippen LogP) is 1.95. The number of rotatable bonds is 3. The fourth-order valence-electron chi connectivity index (χ4n) is 2.56. The van der Waals surface area contributed by atoms with Crippen molar-refractivity contribution in [2.24, 2.45) is 0 Å². The summed E-state index contributed by atoms with van der Waals surface area (Å²) >= 11 is 0. The number of nitrogens with one attached hydrogen (secondary N) is 3. The average Bonchev–Trinajstić information content (AvgIpc) is 3.18. The Balaban J connectivity index is 1.52. The molecular weight excluding hydrogens is 292 g/mol. The number of H-pyrrole nitrogens is 2. The van der Waals surface area contributed by atoms with Crippen LogP contribution in [0.4, 0.5) is 5.82 Å². The zero-order valence-electron chi connectivity index (χ0n) is 12.1. The summed E-state index contributed by atoms with van der Waals surface area (Å²) in [4.78, 5) is 12.3. The SMILES string of the molecule is Nc1n[nH]c2ccc(C(=O)NCc3ccc4[nH]ncc4c3)cc12. The first-order valence-corrected chi connectivity index (χ1v) is 7.14. The number of amides is 1. The number of anilines is 1. The van der Waals surface area contributed by atoms with E-state index in [-0.39, 0.29) is 5.91 Å². The second-order valence-corrected chi connectivity index (χ2v) is 5.34. The van der Waals surface area contributed by atoms with E-state index < -0.39 is 0 Å². The molecule has 0 unspecified atom stereocenters. The molecule has 0 saturated heterocycles. The van der Waals surface area contributed by atoms with Crippen molar-refractivity contribution in [3.05, 3.63) is 53.7 Å². The number of hydrogen-bond acceptors (Lipinski definition) is 4. The molecule has 2 heterocycles. The Morgan fingerprint density at radius 3 is 2.91 bits per heavy atom. The van der Waals surface area contributed by atoms with Gasteiger partial charge in [-0.1, -0.05) is 6.07 Å². The van der Waals surface area contributed by atoms with E-state index in [2.05, 4.69) is 25.7 Å². The molecule has 0 fully saturated rings. The number of hydrogen-bond donors (Lipinski definition) is 4. The molecule has 23 heavy (non-hydrogen) atoms. The summed E-state index contributed by atoms with van der Waals surface area (Å²) in [7, 11) is 0. The normalized spacial score (nSPS) is 11.1. The van der Waals surface area contributed by atoms with Crippen molar-refractivity contribution in [2.75, 3.05) is 5.73 Å². The van der Waals surface area contributed by atoms with Crippen LogP contribution in [-0.4, -0.2) is 26.3 Å². The Hall–Kier alpha value is -3.35. The van der Waals surface area contributed by atoms with Gasteiger partial charge in [0, 0.05) is 22.9 Å². The first kappa shape index (κ1) is 13.3. The van der Waals surface area contributed by atoms with Gasteiger partial charge >= 0.3 is 0 Å². The molecule has 4 aromatic rings. The third kappa shape index (κ3) is 2.38. The number of benzene rings is 2. The number of carbonyl (C=O) groups excluding carboxylic acids is 1. The number of nitrogen functional groups attached to an aromatic ring is 1. The minimum absolute atomic E-state index is 0.153. The third-order valence-electron chi connectivity index (χ3n) is 3.81. The highest BCUT2D eigenvalue weighted by atomic mass is 16.1. The molecule has 0 spiro atoms. The Labute approximate surface area is 130 Å². The summed E-state index contributed by atoms with van der Waals surface area (Å²) < 4.78 is 0. The number of nitrogens with two attached hydrogens (primary N) is 1. The van der Waals surface area contributed by atoms with E-state index in [9.17, 15) is 4.79 Å². The van der Waals surface area contributed by atoms with Gasteiger partial charge < -0.3 is 11.1 Å². The van der Waals surface area contributed by atoms with Crippen LogP contribution < -0.4 is 11.1 Å². The lowest BCUT2D eigenvalue weighted by Crippen LogP contribution is -2.22. The Morgan fingerprint density at radius 1 is 1.13 bits per heavy atom. The van der Waals surface area contributed by atoms with Gasteiger partial charge in [-0.05, 0) is 35.9 Å². The Morgan fingerprint density at radius 2 is 2.00 bits per heavy atom. The molecule has 0 aliphatic carbocycles. The second kappa shape index (κ2) is 5.13. The topological polar surface area (TPSA) is 112 Å². The number of carbonyl (C=O) groups is 1. The molecule has 5 N–H and O–H groups in total. The highest BCUT2D eigenvalue weighted by molar-refractivity contribution is 6.00. The second-order valence-electron chi connectivity index (χ2n) is 5.34. The molecular formula is C16H14N6O. The van der Waals surface area contributed by atoms with Crippen LogP contribution in [0.25, 0.3) is 21.8 Å². The molecule has 0 aliphatic rings. The van der Waals surface area contributed by atoms with E-state index in [4.69, 9.17) is 5.73 Å². The maximum absolute atomic E-state index is 12.3. The Bertz CT molecular complexity index is 1020. The summed E-state index contributed by atoms with van der Waals surface area (Å²) in [6, 6.07) is 11.2. The maximum atomic E-state index is 12.3. The third-order valence-corrected chi connectivity index (χ3v) is 3.81. The van der Waals surface area contributed by atoms with Gasteiger partial charge in [-0.25, -0.2) is 0 Å². The van der Waals surface area contributed by atoms with Gasteiger partial charge in [-0.15, -0.1) is 0 Å². The largest absolute Gasteiger partial charge is 0.382 e. The number of fused-ring (bicyclic) bond motifs is 2. The molecule has 1 amide bonds. The van der Waals surface area contributed by atoms with Crippen LogP contribution in [0, 0.1) is 0 Å². The first-order chi connectivity index (χ1) is 11.2. The average molecular weight is 306 g/mol. The molecule has 0 atom stereocenters. The maximum Gasteiger partial charge on any atom is 0.251 e. The molecule has 0 aliphatic heterocycles. The van der Waals surface area contributed by atoms with Crippen LogP contribution in [-0.2, 0) is 6.54 Å². The molecule has 114 valence electrons. The van der Waals surface area contributed by atoms with Crippen molar-refractivity contribution in [2.45, 2.75) is 6.54 Å². The van der Waals surface area contributed by atoms with Crippen LogP contribution in [0.1, 0.15) is 15.9 Å². The van der Waals surface area contributed by atoms with Crippen molar-refractivity contribution in [3.8, 4) is 0 Å². The van der Waals surface area contributed by atoms with E-state index in [1.807, 2.05) is 18.2 Å². The smallest absolute Gasteiger partial charge is 0.251 e. The standard InChI is InChI=1S/C16H14N6O/c17-15-12-6-10(2-4-14(12)21-22-15)16(23)18-7-9-1-3-13-11(5-9)8-19-20-13/h1-6,8H,7H2,(H,18,23)(H,19,20)(H3,17,21,22). The zero-order valence-corrected chi connectivity index (χ0v) is 12.1.